The lowest BCUT2D eigenvalue weighted by molar-refractivity contribution is 0.0946. The van der Waals surface area contributed by atoms with Crippen LogP contribution in [-0.2, 0) is 19.5 Å². The SMILES string of the molecule is Cc1noc(CNC(=O)c2ccc3c(c2)CNCC3)n1. The first-order chi connectivity index (χ1) is 9.72. The minimum atomic E-state index is -0.130. The zero-order chi connectivity index (χ0) is 13.9. The molecule has 0 spiro atoms. The maximum atomic E-state index is 12.1. The molecule has 1 aromatic carbocycles. The molecule has 0 bridgehead atoms. The van der Waals surface area contributed by atoms with Crippen LogP contribution < -0.4 is 10.6 Å². The van der Waals surface area contributed by atoms with E-state index in [-0.39, 0.29) is 12.5 Å². The van der Waals surface area contributed by atoms with E-state index in [4.69, 9.17) is 4.52 Å². The smallest absolute Gasteiger partial charge is 0.251 e. The molecule has 0 saturated carbocycles. The zero-order valence-electron chi connectivity index (χ0n) is 11.3. The van der Waals surface area contributed by atoms with Gasteiger partial charge in [0.2, 0.25) is 5.89 Å². The molecule has 0 fully saturated rings. The normalized spacial score (nSPS) is 13.8. The molecule has 2 aromatic rings. The standard InChI is InChI=1S/C14H16N4O2/c1-9-17-13(20-18-9)8-16-14(19)11-3-2-10-4-5-15-7-12(10)6-11/h2-3,6,15H,4-5,7-8H2,1H3,(H,16,19). The summed E-state index contributed by atoms with van der Waals surface area (Å²) >= 11 is 0. The van der Waals surface area contributed by atoms with Gasteiger partial charge < -0.3 is 15.2 Å². The summed E-state index contributed by atoms with van der Waals surface area (Å²) in [4.78, 5) is 16.1. The topological polar surface area (TPSA) is 80.0 Å². The van der Waals surface area contributed by atoms with Gasteiger partial charge in [-0.1, -0.05) is 11.2 Å². The largest absolute Gasteiger partial charge is 0.343 e. The second-order valence-corrected chi connectivity index (χ2v) is 4.83. The van der Waals surface area contributed by atoms with Gasteiger partial charge in [0.1, 0.15) is 0 Å². The summed E-state index contributed by atoms with van der Waals surface area (Å²) in [6.07, 6.45) is 1.01. The van der Waals surface area contributed by atoms with Crippen molar-refractivity contribution in [3.8, 4) is 0 Å². The van der Waals surface area contributed by atoms with Crippen LogP contribution in [0.1, 0.15) is 33.2 Å². The van der Waals surface area contributed by atoms with Crippen LogP contribution in [0.4, 0.5) is 0 Å². The van der Waals surface area contributed by atoms with Gasteiger partial charge in [0, 0.05) is 12.1 Å². The molecule has 0 aliphatic carbocycles. The highest BCUT2D eigenvalue weighted by molar-refractivity contribution is 5.94. The number of nitrogens with one attached hydrogen (secondary N) is 2. The number of amides is 1. The average molecular weight is 272 g/mol. The van der Waals surface area contributed by atoms with E-state index in [1.165, 1.54) is 11.1 Å². The Morgan fingerprint density at radius 3 is 3.15 bits per heavy atom. The number of fused-ring (bicyclic) bond motifs is 1. The molecule has 1 aromatic heterocycles. The lowest BCUT2D eigenvalue weighted by Gasteiger charge is -2.17. The van der Waals surface area contributed by atoms with Crippen molar-refractivity contribution in [3.63, 3.8) is 0 Å². The Morgan fingerprint density at radius 2 is 2.35 bits per heavy atom. The summed E-state index contributed by atoms with van der Waals surface area (Å²) in [5.74, 6) is 0.846. The van der Waals surface area contributed by atoms with Gasteiger partial charge in [0.25, 0.3) is 5.91 Å². The number of carbonyl (C=O) groups excluding carboxylic acids is 1. The van der Waals surface area contributed by atoms with Gasteiger partial charge in [-0.2, -0.15) is 4.98 Å². The molecular formula is C14H16N4O2. The van der Waals surface area contributed by atoms with Crippen LogP contribution in [0, 0.1) is 6.92 Å². The Bertz CT molecular complexity index is 636. The molecule has 2 heterocycles. The molecule has 1 aliphatic heterocycles. The van der Waals surface area contributed by atoms with E-state index in [1.54, 1.807) is 6.92 Å². The van der Waals surface area contributed by atoms with Crippen molar-refractivity contribution < 1.29 is 9.32 Å². The molecule has 0 unspecified atom stereocenters. The zero-order valence-corrected chi connectivity index (χ0v) is 11.3. The minimum Gasteiger partial charge on any atom is -0.343 e. The highest BCUT2D eigenvalue weighted by Crippen LogP contribution is 2.15. The van der Waals surface area contributed by atoms with Crippen LogP contribution in [0.3, 0.4) is 0 Å². The second kappa shape index (κ2) is 5.42. The summed E-state index contributed by atoms with van der Waals surface area (Å²) < 4.78 is 4.96. The maximum Gasteiger partial charge on any atom is 0.251 e. The van der Waals surface area contributed by atoms with E-state index >= 15 is 0 Å². The third kappa shape index (κ3) is 2.70. The monoisotopic (exact) mass is 272 g/mol. The molecular weight excluding hydrogens is 256 g/mol. The first-order valence-electron chi connectivity index (χ1n) is 6.62. The number of hydrogen-bond donors (Lipinski definition) is 2. The van der Waals surface area contributed by atoms with Crippen molar-refractivity contribution in [2.75, 3.05) is 6.54 Å². The van der Waals surface area contributed by atoms with E-state index in [1.807, 2.05) is 18.2 Å². The number of rotatable bonds is 3. The predicted octanol–water partition coefficient (Wildman–Crippen LogP) is 0.954. The lowest BCUT2D eigenvalue weighted by atomic mass is 9.98. The van der Waals surface area contributed by atoms with Gasteiger partial charge in [0.05, 0.1) is 6.54 Å². The predicted molar refractivity (Wildman–Crippen MR) is 72.1 cm³/mol. The van der Waals surface area contributed by atoms with E-state index in [0.717, 1.165) is 19.5 Å². The molecule has 20 heavy (non-hydrogen) atoms. The fourth-order valence-electron chi connectivity index (χ4n) is 2.29. The lowest BCUT2D eigenvalue weighted by Crippen LogP contribution is -2.26. The molecule has 0 saturated heterocycles. The molecule has 2 N–H and O–H groups in total. The van der Waals surface area contributed by atoms with Gasteiger partial charge in [-0.3, -0.25) is 4.79 Å². The number of aromatic nitrogens is 2. The van der Waals surface area contributed by atoms with Gasteiger partial charge >= 0.3 is 0 Å². The van der Waals surface area contributed by atoms with E-state index < -0.39 is 0 Å². The molecule has 0 radical (unpaired) electrons. The number of hydrogen-bond acceptors (Lipinski definition) is 5. The van der Waals surface area contributed by atoms with Crippen molar-refractivity contribution in [3.05, 3.63) is 46.6 Å². The Hall–Kier alpha value is -2.21. The Balaban J connectivity index is 1.67. The summed E-state index contributed by atoms with van der Waals surface area (Å²) in [6, 6.07) is 5.83. The van der Waals surface area contributed by atoms with Crippen LogP contribution in [0.5, 0.6) is 0 Å². The van der Waals surface area contributed by atoms with Gasteiger partial charge in [-0.25, -0.2) is 0 Å². The van der Waals surface area contributed by atoms with Crippen molar-refractivity contribution in [2.24, 2.45) is 0 Å². The van der Waals surface area contributed by atoms with Gasteiger partial charge in [-0.15, -0.1) is 0 Å². The van der Waals surface area contributed by atoms with Crippen molar-refractivity contribution >= 4 is 5.91 Å². The molecule has 1 amide bonds. The summed E-state index contributed by atoms with van der Waals surface area (Å²) in [5.41, 5.74) is 3.16. The fourth-order valence-corrected chi connectivity index (χ4v) is 2.29. The quantitative estimate of drug-likeness (QED) is 0.869. The first kappa shape index (κ1) is 12.8. The number of nitrogens with zero attached hydrogens (tertiary/aromatic N) is 2. The Kier molecular flexibility index (Phi) is 3.47. The summed E-state index contributed by atoms with van der Waals surface area (Å²) in [6.45, 7) is 3.80. The average Bonchev–Trinajstić information content (AvgIpc) is 2.90. The first-order valence-corrected chi connectivity index (χ1v) is 6.62. The Labute approximate surface area is 116 Å². The highest BCUT2D eigenvalue weighted by atomic mass is 16.5. The van der Waals surface area contributed by atoms with Crippen LogP contribution in [0.25, 0.3) is 0 Å². The number of benzene rings is 1. The van der Waals surface area contributed by atoms with E-state index in [0.29, 0.717) is 17.3 Å². The third-order valence-corrected chi connectivity index (χ3v) is 3.32. The second-order valence-electron chi connectivity index (χ2n) is 4.83. The number of aryl methyl sites for hydroxylation is 1. The molecule has 1 aliphatic rings. The molecule has 6 nitrogen and oxygen atoms in total. The van der Waals surface area contributed by atoms with Crippen molar-refractivity contribution in [1.82, 2.24) is 20.8 Å². The fraction of sp³-hybridized carbons (Fsp3) is 0.357. The molecule has 0 atom stereocenters. The number of carbonyl (C=O) groups is 1. The maximum absolute atomic E-state index is 12.1. The van der Waals surface area contributed by atoms with Crippen molar-refractivity contribution in [2.45, 2.75) is 26.4 Å². The van der Waals surface area contributed by atoms with Gasteiger partial charge in [0.15, 0.2) is 5.82 Å². The minimum absolute atomic E-state index is 0.130. The molecule has 104 valence electrons. The highest BCUT2D eigenvalue weighted by Gasteiger charge is 2.13. The third-order valence-electron chi connectivity index (χ3n) is 3.32. The van der Waals surface area contributed by atoms with E-state index in [9.17, 15) is 4.79 Å². The van der Waals surface area contributed by atoms with E-state index in [2.05, 4.69) is 20.8 Å². The van der Waals surface area contributed by atoms with Crippen LogP contribution in [-0.4, -0.2) is 22.6 Å². The summed E-state index contributed by atoms with van der Waals surface area (Å²) in [7, 11) is 0. The van der Waals surface area contributed by atoms with Crippen LogP contribution in [0.2, 0.25) is 0 Å². The van der Waals surface area contributed by atoms with Gasteiger partial charge in [-0.05, 0) is 43.1 Å². The molecule has 3 rings (SSSR count). The van der Waals surface area contributed by atoms with Crippen molar-refractivity contribution in [1.29, 1.82) is 0 Å². The Morgan fingerprint density at radius 1 is 1.45 bits per heavy atom. The van der Waals surface area contributed by atoms with Crippen LogP contribution in [0.15, 0.2) is 22.7 Å². The summed E-state index contributed by atoms with van der Waals surface area (Å²) in [5, 5.41) is 9.76. The molecule has 6 heteroatoms. The van der Waals surface area contributed by atoms with Crippen LogP contribution >= 0.6 is 0 Å².